The van der Waals surface area contributed by atoms with Crippen LogP contribution in [0.5, 0.6) is 0 Å². The molecule has 0 spiro atoms. The number of nitrogens with one attached hydrogen (secondary N) is 4. The third kappa shape index (κ3) is 8.82. The van der Waals surface area contributed by atoms with E-state index in [-0.39, 0.29) is 41.9 Å². The number of carbonyl (C=O) groups excluding carboxylic acids is 5. The maximum absolute atomic E-state index is 14.8. The topological polar surface area (TPSA) is 171 Å². The van der Waals surface area contributed by atoms with Gasteiger partial charge in [-0.05, 0) is 75.5 Å². The number of fused-ring (bicyclic) bond motifs is 1. The van der Waals surface area contributed by atoms with Crippen molar-refractivity contribution in [2.24, 2.45) is 22.7 Å². The fraction of sp³-hybridized carbons (Fsp3) is 0.816. The van der Waals surface area contributed by atoms with E-state index >= 15 is 0 Å². The van der Waals surface area contributed by atoms with Crippen LogP contribution in [-0.2, 0) is 29.0 Å². The van der Waals surface area contributed by atoms with Gasteiger partial charge in [-0.1, -0.05) is 78.7 Å². The first-order chi connectivity index (χ1) is 23.7. The van der Waals surface area contributed by atoms with E-state index in [1.165, 1.54) is 6.08 Å². The number of carbonyl (C=O) groups is 5. The second-order valence-corrected chi connectivity index (χ2v) is 20.3. The lowest BCUT2D eigenvalue weighted by Gasteiger charge is -2.42. The summed E-state index contributed by atoms with van der Waals surface area (Å²) in [7, 11) is -3.56. The fourth-order valence-corrected chi connectivity index (χ4v) is 10.4. The highest BCUT2D eigenvalue weighted by Crippen LogP contribution is 2.65. The van der Waals surface area contributed by atoms with Crippen LogP contribution >= 0.6 is 0 Å². The quantitative estimate of drug-likeness (QED) is 0.145. The zero-order valence-electron chi connectivity index (χ0n) is 32.0. The summed E-state index contributed by atoms with van der Waals surface area (Å²) in [6, 6.07) is -3.43. The third-order valence-corrected chi connectivity index (χ3v) is 15.2. The van der Waals surface area contributed by atoms with Crippen molar-refractivity contribution in [1.29, 1.82) is 0 Å². The van der Waals surface area contributed by atoms with Gasteiger partial charge in [-0.3, -0.25) is 19.2 Å². The minimum Gasteiger partial charge on any atom is -0.346 e. The average Bonchev–Trinajstić information content (AvgIpc) is 3.42. The van der Waals surface area contributed by atoms with Crippen LogP contribution in [0.15, 0.2) is 12.7 Å². The number of sulfone groups is 1. The van der Waals surface area contributed by atoms with E-state index in [9.17, 15) is 32.4 Å². The average molecular weight is 734 g/mol. The van der Waals surface area contributed by atoms with Gasteiger partial charge in [0.25, 0.3) is 5.91 Å². The summed E-state index contributed by atoms with van der Waals surface area (Å²) in [6.45, 7) is 17.1. The molecule has 3 saturated carbocycles. The van der Waals surface area contributed by atoms with Crippen LogP contribution in [0.4, 0.5) is 4.79 Å². The van der Waals surface area contributed by atoms with E-state index < -0.39 is 67.3 Å². The van der Waals surface area contributed by atoms with Gasteiger partial charge in [-0.2, -0.15) is 0 Å². The van der Waals surface area contributed by atoms with Gasteiger partial charge in [-0.15, -0.1) is 6.58 Å². The first-order valence-corrected chi connectivity index (χ1v) is 20.7. The molecular weight excluding hydrogens is 671 g/mol. The van der Waals surface area contributed by atoms with E-state index in [0.717, 1.165) is 38.5 Å². The Kier molecular flexibility index (Phi) is 12.5. The minimum atomic E-state index is -3.56. The standard InChI is InChI=1S/C38H63N5O7S/c1-9-11-17-26(29(44)32(46)39-22-10-2)40-31(45)28-27-25(36(27,6)7)23-43(28)33(47)30(37(8)18-15-16-19-37)41-34(48)42-38(20-13-12-14-21-38)24-51(49,50)35(3,4)5/h10,25-28,30H,2,9,11-24H2,1,3-8H3,(H,39,46)(H,40,45)(H2,41,42,48)/t25?,26?,27-,28-,30+/m0/s1. The van der Waals surface area contributed by atoms with Crippen molar-refractivity contribution >= 4 is 39.4 Å². The van der Waals surface area contributed by atoms with Gasteiger partial charge < -0.3 is 26.2 Å². The largest absolute Gasteiger partial charge is 0.346 e. The third-order valence-electron chi connectivity index (χ3n) is 12.4. The van der Waals surface area contributed by atoms with Crippen molar-refractivity contribution in [3.63, 3.8) is 0 Å². The SMILES string of the molecule is C=CCNC(=O)C(=O)C(CCCC)NC(=O)[C@@H]1[C@@H]2C(CN1C(=O)[C@@H](NC(=O)NC1(CS(=O)(=O)C(C)(C)C)CCCCC1)C1(C)CCCC1)C2(C)C. The van der Waals surface area contributed by atoms with Gasteiger partial charge in [0.1, 0.15) is 12.1 Å². The number of hydrogen-bond donors (Lipinski definition) is 4. The number of hydrogen-bond acceptors (Lipinski definition) is 7. The Balaban J connectivity index is 1.60. The summed E-state index contributed by atoms with van der Waals surface area (Å²) in [4.78, 5) is 70.4. The van der Waals surface area contributed by atoms with Crippen molar-refractivity contribution in [1.82, 2.24) is 26.2 Å². The minimum absolute atomic E-state index is 0.0665. The number of likely N-dealkylation sites (tertiary alicyclic amines) is 1. The molecule has 0 bridgehead atoms. The number of amides is 5. The van der Waals surface area contributed by atoms with Crippen molar-refractivity contribution in [2.45, 2.75) is 154 Å². The van der Waals surface area contributed by atoms with Crippen molar-refractivity contribution in [3.8, 4) is 0 Å². The second-order valence-electron chi connectivity index (χ2n) is 17.6. The van der Waals surface area contributed by atoms with Gasteiger partial charge in [-0.25, -0.2) is 13.2 Å². The molecule has 5 amide bonds. The van der Waals surface area contributed by atoms with Crippen LogP contribution in [-0.4, -0.2) is 90.1 Å². The van der Waals surface area contributed by atoms with E-state index in [4.69, 9.17) is 0 Å². The van der Waals surface area contributed by atoms with Crippen molar-refractivity contribution < 1.29 is 32.4 Å². The summed E-state index contributed by atoms with van der Waals surface area (Å²) in [6.07, 6.45) is 9.96. The van der Waals surface area contributed by atoms with E-state index in [2.05, 4.69) is 41.7 Å². The molecular formula is C38H63N5O7S. The number of urea groups is 1. The number of rotatable bonds is 15. The van der Waals surface area contributed by atoms with Crippen LogP contribution in [0, 0.1) is 22.7 Å². The number of Topliss-reactive ketones (excluding diaryl/α,β-unsaturated/α-hetero) is 1. The monoisotopic (exact) mass is 733 g/mol. The molecule has 288 valence electrons. The molecule has 4 aliphatic rings. The Labute approximate surface area is 305 Å². The number of piperidine rings is 1. The fourth-order valence-electron chi connectivity index (χ4n) is 8.85. The van der Waals surface area contributed by atoms with Gasteiger partial charge in [0, 0.05) is 13.1 Å². The van der Waals surface area contributed by atoms with Gasteiger partial charge in [0.05, 0.1) is 22.1 Å². The molecule has 1 saturated heterocycles. The zero-order chi connectivity index (χ0) is 38.0. The van der Waals surface area contributed by atoms with E-state index in [1.807, 2.05) is 13.8 Å². The highest BCUT2D eigenvalue weighted by atomic mass is 32.2. The lowest BCUT2D eigenvalue weighted by molar-refractivity contribution is -0.145. The van der Waals surface area contributed by atoms with Gasteiger partial charge >= 0.3 is 6.03 Å². The molecule has 4 rings (SSSR count). The van der Waals surface area contributed by atoms with Crippen LogP contribution in [0.25, 0.3) is 0 Å². The molecule has 12 nitrogen and oxygen atoms in total. The number of nitrogens with zero attached hydrogens (tertiary/aromatic N) is 1. The molecule has 51 heavy (non-hydrogen) atoms. The molecule has 0 aromatic heterocycles. The Morgan fingerprint density at radius 1 is 0.941 bits per heavy atom. The molecule has 1 aliphatic heterocycles. The van der Waals surface area contributed by atoms with E-state index in [1.54, 1.807) is 25.7 Å². The van der Waals surface area contributed by atoms with Crippen LogP contribution in [0.1, 0.15) is 126 Å². The summed E-state index contributed by atoms with van der Waals surface area (Å²) in [5.74, 6) is -2.60. The van der Waals surface area contributed by atoms with Gasteiger partial charge in [0.2, 0.25) is 17.6 Å². The molecule has 0 radical (unpaired) electrons. The predicted octanol–water partition coefficient (Wildman–Crippen LogP) is 4.18. The normalized spacial score (nSPS) is 25.9. The smallest absolute Gasteiger partial charge is 0.315 e. The Bertz CT molecular complexity index is 1460. The molecule has 5 atom stereocenters. The van der Waals surface area contributed by atoms with Crippen molar-refractivity contribution in [2.75, 3.05) is 18.8 Å². The molecule has 0 aromatic carbocycles. The maximum Gasteiger partial charge on any atom is 0.315 e. The Morgan fingerprint density at radius 3 is 2.12 bits per heavy atom. The molecule has 1 heterocycles. The summed E-state index contributed by atoms with van der Waals surface area (Å²) < 4.78 is 25.8. The maximum atomic E-state index is 14.8. The first-order valence-electron chi connectivity index (χ1n) is 19.1. The second kappa shape index (κ2) is 15.6. The lowest BCUT2D eigenvalue weighted by Crippen LogP contribution is -2.64. The highest BCUT2D eigenvalue weighted by molar-refractivity contribution is 7.92. The Morgan fingerprint density at radius 2 is 1.55 bits per heavy atom. The number of ketones is 1. The highest BCUT2D eigenvalue weighted by Gasteiger charge is 2.70. The van der Waals surface area contributed by atoms with Crippen LogP contribution in [0.3, 0.4) is 0 Å². The summed E-state index contributed by atoms with van der Waals surface area (Å²) in [5.41, 5.74) is -1.72. The number of unbranched alkanes of at least 4 members (excludes halogenated alkanes) is 1. The predicted molar refractivity (Wildman–Crippen MR) is 197 cm³/mol. The van der Waals surface area contributed by atoms with Crippen LogP contribution < -0.4 is 21.3 Å². The van der Waals surface area contributed by atoms with Gasteiger partial charge in [0.15, 0.2) is 9.84 Å². The molecule has 2 unspecified atom stereocenters. The van der Waals surface area contributed by atoms with Crippen LogP contribution in [0.2, 0.25) is 0 Å². The lowest BCUT2D eigenvalue weighted by atomic mass is 9.79. The molecule has 0 aromatic rings. The summed E-state index contributed by atoms with van der Waals surface area (Å²) >= 11 is 0. The van der Waals surface area contributed by atoms with Crippen molar-refractivity contribution in [3.05, 3.63) is 12.7 Å². The van der Waals surface area contributed by atoms with E-state index in [0.29, 0.717) is 38.6 Å². The first kappa shape index (κ1) is 40.8. The Hall–Kier alpha value is -2.96. The molecule has 4 N–H and O–H groups in total. The molecule has 3 aliphatic carbocycles. The molecule has 13 heteroatoms. The zero-order valence-corrected chi connectivity index (χ0v) is 32.8. The molecule has 4 fully saturated rings. The summed E-state index contributed by atoms with van der Waals surface area (Å²) in [5, 5.41) is 11.4.